The number of aryl methyl sites for hydroxylation is 1. The molecular weight excluding hydrogens is 470 g/mol. The normalized spacial score (nSPS) is 19.7. The smallest absolute Gasteiger partial charge is 0.413 e. The van der Waals surface area contributed by atoms with Crippen molar-refractivity contribution in [2.45, 2.75) is 32.8 Å². The Morgan fingerprint density at radius 2 is 2.00 bits per heavy atom. The highest BCUT2D eigenvalue weighted by Gasteiger charge is 2.46. The van der Waals surface area contributed by atoms with Gasteiger partial charge in [0, 0.05) is 29.0 Å². The van der Waals surface area contributed by atoms with Crippen LogP contribution in [0.5, 0.6) is 0 Å². The van der Waals surface area contributed by atoms with Crippen LogP contribution in [0, 0.1) is 22.7 Å². The zero-order valence-corrected chi connectivity index (χ0v) is 20.2. The average Bonchev–Trinajstić information content (AvgIpc) is 3.17. The maximum absolute atomic E-state index is 12.6. The molecule has 0 spiro atoms. The van der Waals surface area contributed by atoms with Crippen LogP contribution in [0.2, 0.25) is 5.02 Å². The third-order valence-electron chi connectivity index (χ3n) is 6.06. The second-order valence-corrected chi connectivity index (χ2v) is 9.19. The summed E-state index contributed by atoms with van der Waals surface area (Å²) in [5, 5.41) is 23.1. The maximum Gasteiger partial charge on any atom is 0.413 e. The number of amides is 2. The lowest BCUT2D eigenvalue weighted by Crippen LogP contribution is -2.44. The number of aromatic nitrogens is 4. The second-order valence-electron chi connectivity index (χ2n) is 8.79. The maximum atomic E-state index is 12.6. The number of carbonyl (C=O) groups is 2. The van der Waals surface area contributed by atoms with Crippen molar-refractivity contribution in [3.63, 3.8) is 0 Å². The molecule has 180 valence electrons. The Labute approximate surface area is 207 Å². The van der Waals surface area contributed by atoms with E-state index in [0.717, 1.165) is 0 Å². The third kappa shape index (κ3) is 5.10. The number of hydrogen-bond donors (Lipinski definition) is 2. The molecule has 11 heteroatoms. The summed E-state index contributed by atoms with van der Waals surface area (Å²) in [4.78, 5) is 29.5. The number of carbonyl (C=O) groups excluding carboxylic acids is 2. The van der Waals surface area contributed by atoms with Gasteiger partial charge in [-0.05, 0) is 38.0 Å². The minimum absolute atomic E-state index is 0.0758. The van der Waals surface area contributed by atoms with E-state index in [1.54, 1.807) is 44.3 Å². The highest BCUT2D eigenvalue weighted by Crippen LogP contribution is 2.45. The van der Waals surface area contributed by atoms with E-state index in [0.29, 0.717) is 46.3 Å². The molecule has 0 saturated heterocycles. The molecular formula is C24H24ClN7O3. The number of pyridine rings is 1. The number of benzene rings is 1. The minimum atomic E-state index is -0.697. The number of rotatable bonds is 6. The van der Waals surface area contributed by atoms with Gasteiger partial charge in [-0.25, -0.2) is 9.48 Å². The summed E-state index contributed by atoms with van der Waals surface area (Å²) in [6, 6.07) is 12.7. The van der Waals surface area contributed by atoms with E-state index in [1.807, 2.05) is 13.0 Å². The summed E-state index contributed by atoms with van der Waals surface area (Å²) in [5.74, 6) is 0.0825. The predicted octanol–water partition coefficient (Wildman–Crippen LogP) is 4.72. The first-order valence-electron chi connectivity index (χ1n) is 11.0. The highest BCUT2D eigenvalue weighted by molar-refractivity contribution is 6.31. The molecule has 1 aromatic carbocycles. The van der Waals surface area contributed by atoms with E-state index in [4.69, 9.17) is 21.6 Å². The van der Waals surface area contributed by atoms with Crippen LogP contribution in [0.3, 0.4) is 0 Å². The van der Waals surface area contributed by atoms with Crippen molar-refractivity contribution in [3.8, 4) is 17.5 Å². The van der Waals surface area contributed by atoms with Gasteiger partial charge in [0.1, 0.15) is 6.10 Å². The fraction of sp³-hybridized carbons (Fsp3) is 0.333. The van der Waals surface area contributed by atoms with Crippen molar-refractivity contribution >= 4 is 35.1 Å². The molecule has 2 heterocycles. The van der Waals surface area contributed by atoms with E-state index < -0.39 is 17.6 Å². The Bertz CT molecular complexity index is 1290. The fourth-order valence-electron chi connectivity index (χ4n) is 4.02. The topological polar surface area (TPSA) is 135 Å². The molecule has 0 radical (unpaired) electrons. The molecule has 1 saturated carbocycles. The van der Waals surface area contributed by atoms with E-state index in [9.17, 15) is 9.59 Å². The van der Waals surface area contributed by atoms with E-state index in [-0.39, 0.29) is 11.8 Å². The van der Waals surface area contributed by atoms with Gasteiger partial charge >= 0.3 is 6.09 Å². The van der Waals surface area contributed by atoms with Crippen molar-refractivity contribution in [3.05, 3.63) is 53.2 Å². The molecule has 4 rings (SSSR count). The lowest BCUT2D eigenvalue weighted by atomic mass is 9.63. The summed E-state index contributed by atoms with van der Waals surface area (Å²) >= 11 is 6.19. The summed E-state index contributed by atoms with van der Waals surface area (Å²) in [6.45, 7) is 3.57. The van der Waals surface area contributed by atoms with Gasteiger partial charge in [0.15, 0.2) is 11.5 Å². The lowest BCUT2D eigenvalue weighted by molar-refractivity contribution is -0.130. The van der Waals surface area contributed by atoms with Gasteiger partial charge in [0.25, 0.3) is 0 Å². The van der Waals surface area contributed by atoms with Gasteiger partial charge in [0.2, 0.25) is 5.91 Å². The zero-order chi connectivity index (χ0) is 25.2. The fourth-order valence-corrected chi connectivity index (χ4v) is 4.31. The van der Waals surface area contributed by atoms with Crippen LogP contribution in [0.25, 0.3) is 11.4 Å². The summed E-state index contributed by atoms with van der Waals surface area (Å²) in [5.41, 5.74) is 1.45. The second kappa shape index (κ2) is 9.72. The Hall–Kier alpha value is -3.97. The Balaban J connectivity index is 1.42. The molecule has 1 fully saturated rings. The average molecular weight is 494 g/mol. The molecule has 0 unspecified atom stereocenters. The quantitative estimate of drug-likeness (QED) is 0.507. The summed E-state index contributed by atoms with van der Waals surface area (Å²) in [7, 11) is 1.63. The number of halogens is 1. The number of nitrogens with one attached hydrogen (secondary N) is 2. The van der Waals surface area contributed by atoms with Gasteiger partial charge in [0.05, 0.1) is 23.6 Å². The molecule has 1 aliphatic rings. The van der Waals surface area contributed by atoms with Crippen molar-refractivity contribution in [2.24, 2.45) is 18.4 Å². The van der Waals surface area contributed by atoms with Crippen molar-refractivity contribution < 1.29 is 14.3 Å². The summed E-state index contributed by atoms with van der Waals surface area (Å²) in [6.07, 6.45) is 1.32. The van der Waals surface area contributed by atoms with Crippen LogP contribution in [-0.4, -0.2) is 32.0 Å². The largest absolute Gasteiger partial charge is 0.441 e. The van der Waals surface area contributed by atoms with Crippen molar-refractivity contribution in [2.75, 3.05) is 10.6 Å². The monoisotopic (exact) mass is 493 g/mol. The van der Waals surface area contributed by atoms with Crippen LogP contribution in [0.1, 0.15) is 38.4 Å². The van der Waals surface area contributed by atoms with E-state index >= 15 is 0 Å². The van der Waals surface area contributed by atoms with Gasteiger partial charge in [-0.1, -0.05) is 41.9 Å². The first kappa shape index (κ1) is 24.2. The molecule has 2 N–H and O–H groups in total. The zero-order valence-electron chi connectivity index (χ0n) is 19.4. The van der Waals surface area contributed by atoms with Crippen LogP contribution in [0.4, 0.5) is 16.3 Å². The standard InChI is InChI=1S/C24H24ClN7O3/c1-14(17-6-4-5-7-18(17)25)35-23(34)29-21-20(30-31-32(21)3)19-9-8-16(13-27-19)28-22(33)24(2)10-15(11-24)12-26/h4-9,13-15H,10-11H2,1-3H3,(H,28,33)(H,29,34)/t14-,15-,24-/m1/s1. The molecule has 1 aliphatic carbocycles. The van der Waals surface area contributed by atoms with Crippen molar-refractivity contribution in [1.29, 1.82) is 5.26 Å². The van der Waals surface area contributed by atoms with Crippen LogP contribution in [0.15, 0.2) is 42.6 Å². The first-order chi connectivity index (χ1) is 16.7. The molecule has 0 bridgehead atoms. The molecule has 3 aromatic rings. The lowest BCUT2D eigenvalue weighted by Gasteiger charge is -2.40. The highest BCUT2D eigenvalue weighted by atomic mass is 35.5. The Morgan fingerprint density at radius 1 is 1.26 bits per heavy atom. The number of nitrogens with zero attached hydrogens (tertiary/aromatic N) is 5. The van der Waals surface area contributed by atoms with Gasteiger partial charge < -0.3 is 10.1 Å². The number of nitriles is 1. The van der Waals surface area contributed by atoms with E-state index in [2.05, 4.69) is 32.0 Å². The van der Waals surface area contributed by atoms with Gasteiger partial charge in [-0.15, -0.1) is 5.10 Å². The van der Waals surface area contributed by atoms with E-state index in [1.165, 1.54) is 10.9 Å². The number of ether oxygens (including phenoxy) is 1. The molecule has 35 heavy (non-hydrogen) atoms. The van der Waals surface area contributed by atoms with Crippen LogP contribution < -0.4 is 10.6 Å². The van der Waals surface area contributed by atoms with Crippen LogP contribution in [-0.2, 0) is 16.6 Å². The molecule has 1 atom stereocenters. The molecule has 2 aromatic heterocycles. The Kier molecular flexibility index (Phi) is 6.71. The van der Waals surface area contributed by atoms with Gasteiger partial charge in [-0.3, -0.25) is 15.1 Å². The molecule has 10 nitrogen and oxygen atoms in total. The number of anilines is 2. The number of hydrogen-bond acceptors (Lipinski definition) is 7. The predicted molar refractivity (Wildman–Crippen MR) is 129 cm³/mol. The third-order valence-corrected chi connectivity index (χ3v) is 6.41. The summed E-state index contributed by atoms with van der Waals surface area (Å²) < 4.78 is 6.87. The Morgan fingerprint density at radius 3 is 2.66 bits per heavy atom. The first-order valence-corrected chi connectivity index (χ1v) is 11.4. The van der Waals surface area contributed by atoms with Crippen molar-refractivity contribution in [1.82, 2.24) is 20.0 Å². The van der Waals surface area contributed by atoms with Gasteiger partial charge in [-0.2, -0.15) is 5.26 Å². The molecule has 2 amide bonds. The SMILES string of the molecule is C[C@@H](OC(=O)Nc1c(-c2ccc(NC(=O)[C@]3(C)C[C@@H](C#N)C3)cn2)nnn1C)c1ccccc1Cl. The van der Waals surface area contributed by atoms with Crippen LogP contribution >= 0.6 is 11.6 Å². The molecule has 0 aliphatic heterocycles. The minimum Gasteiger partial charge on any atom is -0.441 e.